The molecule has 0 heterocycles. The van der Waals surface area contributed by atoms with Gasteiger partial charge >= 0.3 is 0 Å². The third kappa shape index (κ3) is 2.60. The number of carbonyl (C=O) groups is 1. The quantitative estimate of drug-likeness (QED) is 0.634. The minimum atomic E-state index is -0.449. The van der Waals surface area contributed by atoms with Gasteiger partial charge in [0.1, 0.15) is 11.5 Å². The van der Waals surface area contributed by atoms with Crippen molar-refractivity contribution in [1.29, 1.82) is 0 Å². The third-order valence-electron chi connectivity index (χ3n) is 4.42. The fraction of sp³-hybridized carbons (Fsp3) is 0.278. The second-order valence-corrected chi connectivity index (χ2v) is 5.63. The van der Waals surface area contributed by atoms with Crippen LogP contribution in [0.5, 0.6) is 11.5 Å². The molecule has 0 aliphatic heterocycles. The molecule has 1 atom stereocenters. The van der Waals surface area contributed by atoms with Crippen LogP contribution < -0.4 is 9.47 Å². The van der Waals surface area contributed by atoms with E-state index in [4.69, 9.17) is 9.47 Å². The maximum Gasteiger partial charge on any atom is 0.269 e. The predicted molar refractivity (Wildman–Crippen MR) is 88.0 cm³/mol. The number of ketones is 1. The molecule has 0 aromatic heterocycles. The maximum atomic E-state index is 13.0. The molecule has 2 aromatic rings. The molecule has 0 saturated carbocycles. The van der Waals surface area contributed by atoms with E-state index in [2.05, 4.69) is 0 Å². The van der Waals surface area contributed by atoms with Crippen molar-refractivity contribution in [3.8, 4) is 11.5 Å². The number of benzene rings is 2. The van der Waals surface area contributed by atoms with Crippen LogP contribution in [0.3, 0.4) is 0 Å². The van der Waals surface area contributed by atoms with Gasteiger partial charge in [0.05, 0.1) is 24.7 Å². The van der Waals surface area contributed by atoms with Gasteiger partial charge in [0.15, 0.2) is 5.78 Å². The van der Waals surface area contributed by atoms with Crippen LogP contribution in [-0.2, 0) is 6.42 Å². The number of hydrogen-bond donors (Lipinski definition) is 0. The zero-order chi connectivity index (χ0) is 17.3. The Labute approximate surface area is 139 Å². The van der Waals surface area contributed by atoms with Crippen LogP contribution in [-0.4, -0.2) is 24.9 Å². The molecule has 0 N–H and O–H groups in total. The zero-order valence-corrected chi connectivity index (χ0v) is 13.4. The van der Waals surface area contributed by atoms with Crippen LogP contribution in [0, 0.1) is 10.1 Å². The molecule has 1 aliphatic rings. The van der Waals surface area contributed by atoms with Crippen LogP contribution in [0.25, 0.3) is 0 Å². The predicted octanol–water partition coefficient (Wildman–Crippen LogP) is 3.52. The molecule has 6 nitrogen and oxygen atoms in total. The number of nitro benzene ring substituents is 1. The monoisotopic (exact) mass is 327 g/mol. The number of fused-ring (bicyclic) bond motifs is 1. The molecular formula is C18H17NO5. The van der Waals surface area contributed by atoms with E-state index < -0.39 is 4.92 Å². The van der Waals surface area contributed by atoms with E-state index in [1.807, 2.05) is 0 Å². The first-order valence-corrected chi connectivity index (χ1v) is 7.59. The molecule has 2 aromatic carbocycles. The lowest BCUT2D eigenvalue weighted by molar-refractivity contribution is -0.384. The minimum absolute atomic E-state index is 0.0154. The topological polar surface area (TPSA) is 78.7 Å². The van der Waals surface area contributed by atoms with E-state index in [1.54, 1.807) is 31.4 Å². The van der Waals surface area contributed by atoms with Gasteiger partial charge in [-0.1, -0.05) is 12.1 Å². The lowest BCUT2D eigenvalue weighted by Crippen LogP contribution is -2.22. The average Bonchev–Trinajstić information content (AvgIpc) is 2.61. The molecule has 6 heteroatoms. The van der Waals surface area contributed by atoms with Crippen molar-refractivity contribution in [1.82, 2.24) is 0 Å². The van der Waals surface area contributed by atoms with Crippen LogP contribution in [0.1, 0.15) is 33.8 Å². The zero-order valence-electron chi connectivity index (χ0n) is 13.4. The molecule has 1 aliphatic carbocycles. The number of nitro groups is 1. The molecular weight excluding hydrogens is 310 g/mol. The van der Waals surface area contributed by atoms with E-state index >= 15 is 0 Å². The molecule has 24 heavy (non-hydrogen) atoms. The summed E-state index contributed by atoms with van der Waals surface area (Å²) in [5.41, 5.74) is 2.20. The summed E-state index contributed by atoms with van der Waals surface area (Å²) in [5, 5.41) is 10.8. The van der Waals surface area contributed by atoms with Gasteiger partial charge in [0.25, 0.3) is 5.69 Å². The van der Waals surface area contributed by atoms with Crippen LogP contribution in [0.15, 0.2) is 36.4 Å². The van der Waals surface area contributed by atoms with Crippen molar-refractivity contribution in [3.05, 3.63) is 63.2 Å². The minimum Gasteiger partial charge on any atom is -0.496 e. The lowest BCUT2D eigenvalue weighted by Gasteiger charge is -2.26. The molecule has 124 valence electrons. The molecule has 0 saturated heterocycles. The third-order valence-corrected chi connectivity index (χ3v) is 4.42. The van der Waals surface area contributed by atoms with E-state index in [1.165, 1.54) is 19.2 Å². The molecule has 0 amide bonds. The number of rotatable bonds is 4. The maximum absolute atomic E-state index is 13.0. The first-order chi connectivity index (χ1) is 11.6. The number of nitrogens with zero attached hydrogens (tertiary/aromatic N) is 1. The second kappa shape index (κ2) is 6.31. The summed E-state index contributed by atoms with van der Waals surface area (Å²) in [5.74, 6) is 0.837. The summed E-state index contributed by atoms with van der Waals surface area (Å²) < 4.78 is 10.7. The van der Waals surface area contributed by atoms with Crippen LogP contribution in [0.4, 0.5) is 5.69 Å². The summed E-state index contributed by atoms with van der Waals surface area (Å²) >= 11 is 0. The Hall–Kier alpha value is -2.89. The van der Waals surface area contributed by atoms with Crippen molar-refractivity contribution in [2.45, 2.75) is 18.8 Å². The lowest BCUT2D eigenvalue weighted by atomic mass is 9.78. The number of ether oxygens (including phenoxy) is 2. The van der Waals surface area contributed by atoms with Gasteiger partial charge < -0.3 is 9.47 Å². The standard InChI is InChI=1S/C18H17NO5/c1-23-15-9-10-16(24-2)17-14(15)8-7-13(18(17)20)11-3-5-12(6-4-11)19(21)22/h3-6,9-10,13H,7-8H2,1-2H3/t13-/m1/s1. The fourth-order valence-electron chi connectivity index (χ4n) is 3.23. The average molecular weight is 327 g/mol. The fourth-order valence-corrected chi connectivity index (χ4v) is 3.23. The molecule has 0 radical (unpaired) electrons. The Morgan fingerprint density at radius 3 is 2.25 bits per heavy atom. The summed E-state index contributed by atoms with van der Waals surface area (Å²) in [7, 11) is 3.11. The number of Topliss-reactive ketones (excluding diaryl/α,β-unsaturated/α-hetero) is 1. The van der Waals surface area contributed by atoms with Crippen molar-refractivity contribution in [2.24, 2.45) is 0 Å². The van der Waals surface area contributed by atoms with Crippen molar-refractivity contribution in [3.63, 3.8) is 0 Å². The van der Waals surface area contributed by atoms with Crippen LogP contribution >= 0.6 is 0 Å². The second-order valence-electron chi connectivity index (χ2n) is 5.63. The molecule has 0 spiro atoms. The number of methoxy groups -OCH3 is 2. The van der Waals surface area contributed by atoms with Crippen LogP contribution in [0.2, 0.25) is 0 Å². The first kappa shape index (κ1) is 16.0. The molecule has 0 bridgehead atoms. The number of hydrogen-bond acceptors (Lipinski definition) is 5. The largest absolute Gasteiger partial charge is 0.496 e. The van der Waals surface area contributed by atoms with Crippen molar-refractivity contribution >= 4 is 11.5 Å². The first-order valence-electron chi connectivity index (χ1n) is 7.59. The number of carbonyl (C=O) groups excluding carboxylic acids is 1. The van der Waals surface area contributed by atoms with E-state index in [0.717, 1.165) is 11.1 Å². The van der Waals surface area contributed by atoms with E-state index in [0.29, 0.717) is 29.9 Å². The van der Waals surface area contributed by atoms with Crippen molar-refractivity contribution < 1.29 is 19.2 Å². The Morgan fingerprint density at radius 2 is 1.67 bits per heavy atom. The Bertz CT molecular complexity index is 798. The molecule has 0 fully saturated rings. The highest BCUT2D eigenvalue weighted by atomic mass is 16.6. The van der Waals surface area contributed by atoms with E-state index in [-0.39, 0.29) is 17.4 Å². The summed E-state index contributed by atoms with van der Waals surface area (Å²) in [6, 6.07) is 9.70. The highest BCUT2D eigenvalue weighted by molar-refractivity contribution is 6.06. The van der Waals surface area contributed by atoms with Gasteiger partial charge in [-0.2, -0.15) is 0 Å². The molecule has 0 unspecified atom stereocenters. The van der Waals surface area contributed by atoms with Gasteiger partial charge in [-0.05, 0) is 30.5 Å². The number of non-ortho nitro benzene ring substituents is 1. The van der Waals surface area contributed by atoms with Crippen molar-refractivity contribution in [2.75, 3.05) is 14.2 Å². The van der Waals surface area contributed by atoms with Gasteiger partial charge in [0, 0.05) is 23.6 Å². The highest BCUT2D eigenvalue weighted by Crippen LogP contribution is 2.41. The molecule has 3 rings (SSSR count). The van der Waals surface area contributed by atoms with Gasteiger partial charge in [-0.3, -0.25) is 14.9 Å². The normalized spacial score (nSPS) is 16.4. The Balaban J connectivity index is 2.01. The summed E-state index contributed by atoms with van der Waals surface area (Å²) in [6.45, 7) is 0. The summed E-state index contributed by atoms with van der Waals surface area (Å²) in [4.78, 5) is 23.3. The Morgan fingerprint density at radius 1 is 1.04 bits per heavy atom. The highest BCUT2D eigenvalue weighted by Gasteiger charge is 2.33. The van der Waals surface area contributed by atoms with E-state index in [9.17, 15) is 14.9 Å². The van der Waals surface area contributed by atoms with Gasteiger partial charge in [-0.25, -0.2) is 0 Å². The SMILES string of the molecule is COc1ccc(OC)c2c1CC[C@H](c1ccc([N+](=O)[O-])cc1)C2=O. The van der Waals surface area contributed by atoms with Gasteiger partial charge in [0.2, 0.25) is 0 Å². The Kier molecular flexibility index (Phi) is 4.20. The smallest absolute Gasteiger partial charge is 0.269 e. The van der Waals surface area contributed by atoms with Gasteiger partial charge in [-0.15, -0.1) is 0 Å². The summed E-state index contributed by atoms with van der Waals surface area (Å²) in [6.07, 6.45) is 1.32.